The van der Waals surface area contributed by atoms with Gasteiger partial charge in [0.2, 0.25) is 11.8 Å². The predicted molar refractivity (Wildman–Crippen MR) is 99.5 cm³/mol. The van der Waals surface area contributed by atoms with E-state index in [1.165, 1.54) is 12.4 Å². The van der Waals surface area contributed by atoms with E-state index in [9.17, 15) is 14.0 Å². The summed E-state index contributed by atoms with van der Waals surface area (Å²) in [5, 5.41) is 2.88. The van der Waals surface area contributed by atoms with Crippen molar-refractivity contribution in [1.82, 2.24) is 19.8 Å². The van der Waals surface area contributed by atoms with E-state index in [0.29, 0.717) is 24.3 Å². The Labute approximate surface area is 158 Å². The van der Waals surface area contributed by atoms with Gasteiger partial charge in [-0.3, -0.25) is 9.59 Å². The van der Waals surface area contributed by atoms with E-state index in [1.54, 1.807) is 34.0 Å². The lowest BCUT2D eigenvalue weighted by Crippen LogP contribution is -2.46. The topological polar surface area (TPSA) is 67.2 Å². The molecule has 6 nitrogen and oxygen atoms in total. The van der Waals surface area contributed by atoms with Gasteiger partial charge in [-0.05, 0) is 30.5 Å². The summed E-state index contributed by atoms with van der Waals surface area (Å²) in [6, 6.07) is 4.88. The molecule has 3 rings (SSSR count). The van der Waals surface area contributed by atoms with Crippen molar-refractivity contribution < 1.29 is 14.0 Å². The molecule has 0 saturated carbocycles. The van der Waals surface area contributed by atoms with E-state index >= 15 is 0 Å². The molecule has 1 fully saturated rings. The van der Waals surface area contributed by atoms with Gasteiger partial charge in [-0.25, -0.2) is 9.37 Å². The number of carbonyl (C=O) groups excluding carboxylic acids is 2. The average Bonchev–Trinajstić information content (AvgIpc) is 3.20. The molecule has 2 aromatic rings. The molecule has 7 heteroatoms. The number of rotatable bonds is 5. The lowest BCUT2D eigenvalue weighted by molar-refractivity contribution is -0.138. The third kappa shape index (κ3) is 4.53. The maximum absolute atomic E-state index is 14.3. The summed E-state index contributed by atoms with van der Waals surface area (Å²) >= 11 is 0. The van der Waals surface area contributed by atoms with Gasteiger partial charge in [0.25, 0.3) is 0 Å². The molecule has 27 heavy (non-hydrogen) atoms. The van der Waals surface area contributed by atoms with Crippen LogP contribution in [0.3, 0.4) is 0 Å². The highest BCUT2D eigenvalue weighted by Gasteiger charge is 2.29. The molecule has 0 radical (unpaired) electrons. The number of benzene rings is 1. The molecule has 0 spiro atoms. The third-order valence-electron chi connectivity index (χ3n) is 4.86. The highest BCUT2D eigenvalue weighted by molar-refractivity contribution is 5.82. The lowest BCUT2D eigenvalue weighted by atomic mass is 9.96. The summed E-state index contributed by atoms with van der Waals surface area (Å²) in [5.74, 6) is -0.647. The van der Waals surface area contributed by atoms with Crippen molar-refractivity contribution in [2.75, 3.05) is 13.1 Å². The van der Waals surface area contributed by atoms with Crippen molar-refractivity contribution in [1.29, 1.82) is 0 Å². The Balaban J connectivity index is 1.57. The van der Waals surface area contributed by atoms with E-state index in [2.05, 4.69) is 10.3 Å². The van der Waals surface area contributed by atoms with Gasteiger partial charge in [-0.2, -0.15) is 0 Å². The van der Waals surface area contributed by atoms with E-state index in [1.807, 2.05) is 13.8 Å². The molecular formula is C20H25FN4O2. The molecule has 1 atom stereocenters. The maximum Gasteiger partial charge on any atom is 0.225 e. The number of likely N-dealkylation sites (tertiary alicyclic amines) is 1. The highest BCUT2D eigenvalue weighted by atomic mass is 19.1. The SMILES string of the molecule is CC(C)C(=O)N1CCC[C@H](C(=O)NCc2ccc(-n3ccnc3)c(F)c2)C1. The van der Waals surface area contributed by atoms with Crippen molar-refractivity contribution in [2.24, 2.45) is 11.8 Å². The molecular weight excluding hydrogens is 347 g/mol. The zero-order valence-corrected chi connectivity index (χ0v) is 15.7. The summed E-state index contributed by atoms with van der Waals surface area (Å²) < 4.78 is 15.9. The standard InChI is InChI=1S/C20H25FN4O2/c1-14(2)20(27)24-8-3-4-16(12-24)19(26)23-11-15-5-6-18(17(21)10-15)25-9-7-22-13-25/h5-7,9-10,13-14,16H,3-4,8,11-12H2,1-2H3,(H,23,26)/t16-/m0/s1. The predicted octanol–water partition coefficient (Wildman–Crippen LogP) is 2.52. The first-order chi connectivity index (χ1) is 13.0. The number of nitrogens with zero attached hydrogens (tertiary/aromatic N) is 3. The first-order valence-electron chi connectivity index (χ1n) is 9.29. The maximum atomic E-state index is 14.3. The van der Waals surface area contributed by atoms with E-state index in [-0.39, 0.29) is 36.0 Å². The van der Waals surface area contributed by atoms with Crippen LogP contribution in [-0.4, -0.2) is 39.4 Å². The average molecular weight is 372 g/mol. The van der Waals surface area contributed by atoms with Crippen LogP contribution in [-0.2, 0) is 16.1 Å². The fraction of sp³-hybridized carbons (Fsp3) is 0.450. The summed E-state index contributed by atoms with van der Waals surface area (Å²) in [6.45, 7) is 5.16. The van der Waals surface area contributed by atoms with Gasteiger partial charge in [0.15, 0.2) is 0 Å². The van der Waals surface area contributed by atoms with Crippen molar-refractivity contribution in [3.05, 3.63) is 48.3 Å². The Morgan fingerprint density at radius 3 is 2.85 bits per heavy atom. The van der Waals surface area contributed by atoms with E-state index in [4.69, 9.17) is 0 Å². The van der Waals surface area contributed by atoms with Crippen LogP contribution in [0.15, 0.2) is 36.9 Å². The monoisotopic (exact) mass is 372 g/mol. The molecule has 2 amide bonds. The van der Waals surface area contributed by atoms with Crippen molar-refractivity contribution in [3.8, 4) is 5.69 Å². The van der Waals surface area contributed by atoms with Crippen molar-refractivity contribution in [2.45, 2.75) is 33.2 Å². The van der Waals surface area contributed by atoms with Crippen LogP contribution in [0.2, 0.25) is 0 Å². The number of hydrogen-bond acceptors (Lipinski definition) is 3. The summed E-state index contributed by atoms with van der Waals surface area (Å²) in [4.78, 5) is 30.3. The van der Waals surface area contributed by atoms with Gasteiger partial charge in [-0.1, -0.05) is 19.9 Å². The molecule has 2 heterocycles. The molecule has 1 aromatic carbocycles. The van der Waals surface area contributed by atoms with Crippen LogP contribution in [0.5, 0.6) is 0 Å². The number of aromatic nitrogens is 2. The minimum atomic E-state index is -0.369. The number of amides is 2. The zero-order valence-electron chi connectivity index (χ0n) is 15.7. The fourth-order valence-electron chi connectivity index (χ4n) is 3.36. The van der Waals surface area contributed by atoms with Crippen LogP contribution >= 0.6 is 0 Å². The Hall–Kier alpha value is -2.70. The largest absolute Gasteiger partial charge is 0.352 e. The first kappa shape index (κ1) is 19.1. The van der Waals surface area contributed by atoms with Crippen LogP contribution in [0.1, 0.15) is 32.3 Å². The molecule has 1 aliphatic heterocycles. The molecule has 1 aromatic heterocycles. The van der Waals surface area contributed by atoms with Gasteiger partial charge >= 0.3 is 0 Å². The highest BCUT2D eigenvalue weighted by Crippen LogP contribution is 2.19. The summed E-state index contributed by atoms with van der Waals surface area (Å²) in [6.07, 6.45) is 6.39. The van der Waals surface area contributed by atoms with Crippen molar-refractivity contribution >= 4 is 11.8 Å². The zero-order chi connectivity index (χ0) is 19.4. The van der Waals surface area contributed by atoms with Crippen LogP contribution in [0, 0.1) is 17.7 Å². The first-order valence-corrected chi connectivity index (χ1v) is 9.29. The number of piperidine rings is 1. The second kappa shape index (κ2) is 8.33. The van der Waals surface area contributed by atoms with E-state index < -0.39 is 0 Å². The number of halogens is 1. The normalized spacial score (nSPS) is 17.2. The lowest BCUT2D eigenvalue weighted by Gasteiger charge is -2.33. The molecule has 0 unspecified atom stereocenters. The van der Waals surface area contributed by atoms with Gasteiger partial charge in [-0.15, -0.1) is 0 Å². The van der Waals surface area contributed by atoms with Gasteiger partial charge in [0.05, 0.1) is 17.9 Å². The van der Waals surface area contributed by atoms with Gasteiger partial charge < -0.3 is 14.8 Å². The minimum absolute atomic E-state index is 0.0659. The molecule has 1 aliphatic rings. The Kier molecular flexibility index (Phi) is 5.88. The van der Waals surface area contributed by atoms with Gasteiger partial charge in [0, 0.05) is 37.9 Å². The second-order valence-electron chi connectivity index (χ2n) is 7.25. The van der Waals surface area contributed by atoms with Crippen LogP contribution in [0.25, 0.3) is 5.69 Å². The molecule has 1 N–H and O–H groups in total. The summed E-state index contributed by atoms with van der Waals surface area (Å²) in [7, 11) is 0. The smallest absolute Gasteiger partial charge is 0.225 e. The number of hydrogen-bond donors (Lipinski definition) is 1. The number of imidazole rings is 1. The number of carbonyl (C=O) groups is 2. The fourth-order valence-corrected chi connectivity index (χ4v) is 3.36. The minimum Gasteiger partial charge on any atom is -0.352 e. The number of nitrogens with one attached hydrogen (secondary N) is 1. The Morgan fingerprint density at radius 1 is 1.37 bits per heavy atom. The molecule has 0 aliphatic carbocycles. The third-order valence-corrected chi connectivity index (χ3v) is 4.86. The van der Waals surface area contributed by atoms with Crippen LogP contribution in [0.4, 0.5) is 4.39 Å². The van der Waals surface area contributed by atoms with Crippen LogP contribution < -0.4 is 5.32 Å². The van der Waals surface area contributed by atoms with Crippen molar-refractivity contribution in [3.63, 3.8) is 0 Å². The molecule has 0 bridgehead atoms. The Morgan fingerprint density at radius 2 is 2.19 bits per heavy atom. The molecule has 1 saturated heterocycles. The van der Waals surface area contributed by atoms with E-state index in [0.717, 1.165) is 12.8 Å². The quantitative estimate of drug-likeness (QED) is 0.877. The molecule has 144 valence electrons. The summed E-state index contributed by atoms with van der Waals surface area (Å²) in [5.41, 5.74) is 1.10. The second-order valence-corrected chi connectivity index (χ2v) is 7.25. The Bertz CT molecular complexity index is 804. The van der Waals surface area contributed by atoms with Gasteiger partial charge in [0.1, 0.15) is 5.82 Å².